The van der Waals surface area contributed by atoms with Crippen LogP contribution in [0.4, 0.5) is 0 Å². The molecule has 2 fully saturated rings. The van der Waals surface area contributed by atoms with Gasteiger partial charge in [0, 0.05) is 47.3 Å². The van der Waals surface area contributed by atoms with Crippen LogP contribution in [0.1, 0.15) is 9.75 Å². The highest BCUT2D eigenvalue weighted by molar-refractivity contribution is 7.80. The van der Waals surface area contributed by atoms with Crippen LogP contribution in [0.25, 0.3) is 21.6 Å². The first-order valence-electron chi connectivity index (χ1n) is 9.18. The lowest BCUT2D eigenvalue weighted by atomic mass is 10.1. The number of thiocarbonyl (C=S) groups is 2. The second kappa shape index (κ2) is 7.96. The van der Waals surface area contributed by atoms with Gasteiger partial charge in [0.25, 0.3) is 23.6 Å². The molecule has 2 aromatic rings. The molecule has 4 heterocycles. The van der Waals surface area contributed by atoms with E-state index < -0.39 is 23.6 Å². The highest BCUT2D eigenvalue weighted by Gasteiger charge is 2.36. The summed E-state index contributed by atoms with van der Waals surface area (Å²) < 4.78 is 1.82. The van der Waals surface area contributed by atoms with Crippen LogP contribution in [0.5, 0.6) is 0 Å². The molecular weight excluding hydrogens is 489 g/mol. The molecule has 0 bridgehead atoms. The number of carbonyl (C=O) groups is 4. The molecule has 4 rings (SSSR count). The lowest BCUT2D eigenvalue weighted by Crippen LogP contribution is -2.52. The summed E-state index contributed by atoms with van der Waals surface area (Å²) in [6.45, 7) is 0. The monoisotopic (exact) mass is 504 g/mol. The van der Waals surface area contributed by atoms with Gasteiger partial charge in [-0.1, -0.05) is 0 Å². The van der Waals surface area contributed by atoms with E-state index in [1.165, 1.54) is 70.5 Å². The molecule has 164 valence electrons. The molecule has 0 aliphatic carbocycles. The second-order valence-electron chi connectivity index (χ2n) is 7.16. The van der Waals surface area contributed by atoms with Crippen LogP contribution < -0.4 is 0 Å². The minimum atomic E-state index is -0.444. The molecule has 2 saturated heterocycles. The first-order valence-corrected chi connectivity index (χ1v) is 11.6. The van der Waals surface area contributed by atoms with Crippen molar-refractivity contribution >= 4 is 103 Å². The maximum absolute atomic E-state index is 12.5. The minimum Gasteiger partial charge on any atom is -0.288 e. The fourth-order valence-corrected chi connectivity index (χ4v) is 5.89. The molecule has 0 radical (unpaired) electrons. The summed E-state index contributed by atoms with van der Waals surface area (Å²) in [5.41, 5.74) is 0.0839. The van der Waals surface area contributed by atoms with Crippen LogP contribution in [-0.4, -0.2) is 81.6 Å². The molecule has 8 nitrogen and oxygen atoms in total. The lowest BCUT2D eigenvalue weighted by molar-refractivity contribution is -0.133. The number of fused-ring (bicyclic) bond motifs is 1. The van der Waals surface area contributed by atoms with E-state index in [2.05, 4.69) is 0 Å². The van der Waals surface area contributed by atoms with Crippen molar-refractivity contribution in [2.75, 3.05) is 28.2 Å². The SMILES string of the molecule is CN1C(=O)C(=Cc2cc3sc(C=C4C(=O)N(C)C(=S)N(C)C4=O)cc3s2)C(=O)N(C)C1=S. The van der Waals surface area contributed by atoms with E-state index in [4.69, 9.17) is 24.4 Å². The van der Waals surface area contributed by atoms with Crippen LogP contribution in [-0.2, 0) is 19.2 Å². The van der Waals surface area contributed by atoms with E-state index in [0.29, 0.717) is 0 Å². The van der Waals surface area contributed by atoms with Crippen LogP contribution in [0.3, 0.4) is 0 Å². The van der Waals surface area contributed by atoms with E-state index in [1.807, 2.05) is 12.1 Å². The Balaban J connectivity index is 1.66. The Morgan fingerprint density at radius 3 is 1.19 bits per heavy atom. The highest BCUT2D eigenvalue weighted by atomic mass is 32.1. The number of carbonyl (C=O) groups excluding carboxylic acids is 4. The Bertz CT molecular complexity index is 1140. The van der Waals surface area contributed by atoms with Crippen molar-refractivity contribution in [2.45, 2.75) is 0 Å². The van der Waals surface area contributed by atoms with Crippen molar-refractivity contribution in [2.24, 2.45) is 0 Å². The van der Waals surface area contributed by atoms with Gasteiger partial charge in [0.1, 0.15) is 11.1 Å². The Labute approximate surface area is 202 Å². The van der Waals surface area contributed by atoms with Crippen molar-refractivity contribution in [3.63, 3.8) is 0 Å². The van der Waals surface area contributed by atoms with Gasteiger partial charge >= 0.3 is 0 Å². The number of thiophene rings is 2. The van der Waals surface area contributed by atoms with Gasteiger partial charge in [-0.2, -0.15) is 0 Å². The topological polar surface area (TPSA) is 81.2 Å². The summed E-state index contributed by atoms with van der Waals surface area (Å²) in [4.78, 5) is 56.6. The number of amides is 4. The molecule has 0 unspecified atom stereocenters. The second-order valence-corrected chi connectivity index (χ2v) is 10.1. The number of nitrogens with zero attached hydrogens (tertiary/aromatic N) is 4. The van der Waals surface area contributed by atoms with Gasteiger partial charge in [0.15, 0.2) is 10.2 Å². The van der Waals surface area contributed by atoms with E-state index in [-0.39, 0.29) is 21.4 Å². The van der Waals surface area contributed by atoms with Crippen molar-refractivity contribution < 1.29 is 19.2 Å². The Morgan fingerprint density at radius 2 is 0.906 bits per heavy atom. The van der Waals surface area contributed by atoms with Crippen molar-refractivity contribution in [3.8, 4) is 0 Å². The first-order chi connectivity index (χ1) is 15.0. The molecule has 0 atom stereocenters. The third kappa shape index (κ3) is 3.48. The van der Waals surface area contributed by atoms with Gasteiger partial charge in [-0.05, 0) is 48.7 Å². The summed E-state index contributed by atoms with van der Waals surface area (Å²) >= 11 is 13.0. The molecule has 2 aromatic heterocycles. The maximum atomic E-state index is 12.5. The third-order valence-corrected chi connectivity index (χ3v) is 8.39. The average Bonchev–Trinajstić information content (AvgIpc) is 3.32. The van der Waals surface area contributed by atoms with Gasteiger partial charge in [-0.3, -0.25) is 38.8 Å². The van der Waals surface area contributed by atoms with Crippen molar-refractivity contribution in [1.29, 1.82) is 0 Å². The normalized spacial score (nSPS) is 18.0. The summed E-state index contributed by atoms with van der Waals surface area (Å²) in [6, 6.07) is 3.73. The number of hydrogen-bond donors (Lipinski definition) is 0. The van der Waals surface area contributed by atoms with Gasteiger partial charge in [-0.25, -0.2) is 0 Å². The Morgan fingerprint density at radius 1 is 0.625 bits per heavy atom. The molecular formula is C20H16N4O4S4. The van der Waals surface area contributed by atoms with E-state index in [0.717, 1.165) is 19.2 Å². The minimum absolute atomic E-state index is 0.0419. The Hall–Kier alpha value is -2.80. The molecule has 0 N–H and O–H groups in total. The predicted octanol–water partition coefficient (Wildman–Crippen LogP) is 2.16. The maximum Gasteiger partial charge on any atom is 0.265 e. The van der Waals surface area contributed by atoms with Crippen LogP contribution in [0.2, 0.25) is 0 Å². The zero-order valence-electron chi connectivity index (χ0n) is 17.4. The van der Waals surface area contributed by atoms with E-state index in [1.54, 1.807) is 12.2 Å². The average molecular weight is 505 g/mol. The predicted molar refractivity (Wildman–Crippen MR) is 132 cm³/mol. The largest absolute Gasteiger partial charge is 0.288 e. The molecule has 12 heteroatoms. The van der Waals surface area contributed by atoms with Crippen LogP contribution >= 0.6 is 47.1 Å². The van der Waals surface area contributed by atoms with E-state index in [9.17, 15) is 19.2 Å². The van der Waals surface area contributed by atoms with Gasteiger partial charge < -0.3 is 0 Å². The molecule has 0 spiro atoms. The number of likely N-dealkylation sites (N-methyl/N-ethyl adjacent to an activating group) is 4. The van der Waals surface area contributed by atoms with E-state index >= 15 is 0 Å². The zero-order chi connectivity index (χ0) is 23.5. The standard InChI is InChI=1S/C20H16N4O4S4/c1-21-15(25)11(16(26)22(2)19(21)29)5-9-7-13-14(31-9)8-10(32-13)6-12-17(27)23(3)20(30)24(4)18(12)28/h5-8H,1-4H3. The summed E-state index contributed by atoms with van der Waals surface area (Å²) in [5.74, 6) is -1.77. The summed E-state index contributed by atoms with van der Waals surface area (Å²) in [5, 5.41) is 0.316. The molecule has 4 amide bonds. The molecule has 2 aliphatic heterocycles. The Kier molecular flexibility index (Phi) is 5.57. The van der Waals surface area contributed by atoms with Gasteiger partial charge in [0.2, 0.25) is 0 Å². The molecule has 2 aliphatic rings. The fraction of sp³-hybridized carbons (Fsp3) is 0.200. The third-order valence-electron chi connectivity index (χ3n) is 5.11. The first kappa shape index (κ1) is 22.4. The molecule has 0 saturated carbocycles. The highest BCUT2D eigenvalue weighted by Crippen LogP contribution is 2.36. The smallest absolute Gasteiger partial charge is 0.265 e. The van der Waals surface area contributed by atoms with Gasteiger partial charge in [0.05, 0.1) is 0 Å². The molecule has 0 aromatic carbocycles. The quantitative estimate of drug-likeness (QED) is 0.354. The van der Waals surface area contributed by atoms with Crippen LogP contribution in [0.15, 0.2) is 23.3 Å². The summed E-state index contributed by atoms with van der Waals surface area (Å²) in [6.07, 6.45) is 3.13. The molecule has 32 heavy (non-hydrogen) atoms. The van der Waals surface area contributed by atoms with Crippen molar-refractivity contribution in [1.82, 2.24) is 19.6 Å². The van der Waals surface area contributed by atoms with Crippen molar-refractivity contribution in [3.05, 3.63) is 33.0 Å². The van der Waals surface area contributed by atoms with Crippen LogP contribution in [0, 0.1) is 0 Å². The van der Waals surface area contributed by atoms with Gasteiger partial charge in [-0.15, -0.1) is 22.7 Å². The number of rotatable bonds is 2. The zero-order valence-corrected chi connectivity index (χ0v) is 20.6. The fourth-order valence-electron chi connectivity index (χ4n) is 3.25. The summed E-state index contributed by atoms with van der Waals surface area (Å²) in [7, 11) is 6.13. The number of hydrogen-bond acceptors (Lipinski definition) is 8. The lowest BCUT2D eigenvalue weighted by Gasteiger charge is -2.31.